The summed E-state index contributed by atoms with van der Waals surface area (Å²) >= 11 is 0. The number of ether oxygens (including phenoxy) is 3. The highest BCUT2D eigenvalue weighted by Gasteiger charge is 2.33. The van der Waals surface area contributed by atoms with Gasteiger partial charge in [-0.25, -0.2) is 8.42 Å². The lowest BCUT2D eigenvalue weighted by molar-refractivity contribution is -0.140. The summed E-state index contributed by atoms with van der Waals surface area (Å²) in [4.78, 5) is 29.0. The first-order valence-electron chi connectivity index (χ1n) is 13.8. The Bertz CT molecular complexity index is 1290. The first kappa shape index (κ1) is 29.5. The fraction of sp³-hybridized carbons (Fsp3) is 0.517. The predicted molar refractivity (Wildman–Crippen MR) is 152 cm³/mol. The topological polar surface area (TPSA) is 114 Å². The number of amides is 2. The number of nitrogens with one attached hydrogen (secondary N) is 1. The molecule has 1 fully saturated rings. The monoisotopic (exact) mass is 573 g/mol. The molecule has 0 aromatic heterocycles. The minimum Gasteiger partial charge on any atom is -0.497 e. The maximum atomic E-state index is 14.0. The van der Waals surface area contributed by atoms with E-state index in [0.29, 0.717) is 36.9 Å². The molecule has 2 aromatic carbocycles. The highest BCUT2D eigenvalue weighted by molar-refractivity contribution is 7.92. The van der Waals surface area contributed by atoms with Gasteiger partial charge in [0.05, 0.1) is 19.1 Å². The van der Waals surface area contributed by atoms with Crippen molar-refractivity contribution in [2.45, 2.75) is 64.1 Å². The number of benzene rings is 2. The summed E-state index contributed by atoms with van der Waals surface area (Å²) < 4.78 is 43.4. The van der Waals surface area contributed by atoms with Crippen molar-refractivity contribution in [3.05, 3.63) is 48.0 Å². The maximum absolute atomic E-state index is 14.0. The molecule has 2 amide bonds. The minimum absolute atomic E-state index is 0.0781. The second kappa shape index (κ2) is 13.3. The smallest absolute Gasteiger partial charge is 0.244 e. The Kier molecular flexibility index (Phi) is 9.78. The van der Waals surface area contributed by atoms with Crippen LogP contribution in [-0.2, 0) is 26.2 Å². The van der Waals surface area contributed by atoms with E-state index in [1.165, 1.54) is 4.90 Å². The molecule has 1 aliphatic heterocycles. The fourth-order valence-electron chi connectivity index (χ4n) is 5.23. The molecule has 4 rings (SSSR count). The summed E-state index contributed by atoms with van der Waals surface area (Å²) in [6.45, 7) is 2.24. The van der Waals surface area contributed by atoms with E-state index in [-0.39, 0.29) is 24.2 Å². The highest BCUT2D eigenvalue weighted by Crippen LogP contribution is 2.35. The molecule has 0 saturated heterocycles. The van der Waals surface area contributed by atoms with Gasteiger partial charge in [-0.3, -0.25) is 13.9 Å². The Morgan fingerprint density at radius 2 is 1.77 bits per heavy atom. The number of methoxy groups -OCH3 is 1. The van der Waals surface area contributed by atoms with Crippen LogP contribution < -0.4 is 23.8 Å². The summed E-state index contributed by atoms with van der Waals surface area (Å²) in [5.41, 5.74) is 1.04. The number of carbonyl (C=O) groups excluding carboxylic acids is 2. The van der Waals surface area contributed by atoms with E-state index in [2.05, 4.69) is 5.32 Å². The molecule has 0 radical (unpaired) electrons. The Labute approximate surface area is 236 Å². The molecule has 0 spiro atoms. The molecule has 1 heterocycles. The maximum Gasteiger partial charge on any atom is 0.244 e. The third kappa shape index (κ3) is 7.38. The molecular weight excluding hydrogens is 534 g/mol. The van der Waals surface area contributed by atoms with Crippen LogP contribution in [0.1, 0.15) is 51.0 Å². The van der Waals surface area contributed by atoms with E-state index in [1.54, 1.807) is 37.4 Å². The second-order valence-corrected chi connectivity index (χ2v) is 12.1. The van der Waals surface area contributed by atoms with Crippen LogP contribution in [-0.4, -0.2) is 70.3 Å². The number of anilines is 1. The molecule has 10 nitrogen and oxygen atoms in total. The van der Waals surface area contributed by atoms with Crippen LogP contribution in [0.4, 0.5) is 5.69 Å². The molecule has 2 aliphatic rings. The number of nitrogens with zero attached hydrogens (tertiary/aromatic N) is 2. The molecule has 0 bridgehead atoms. The van der Waals surface area contributed by atoms with Gasteiger partial charge in [0.15, 0.2) is 11.5 Å². The molecule has 1 atom stereocenters. The molecule has 218 valence electrons. The van der Waals surface area contributed by atoms with Crippen LogP contribution in [0.2, 0.25) is 0 Å². The molecule has 1 N–H and O–H groups in total. The molecular formula is C29H39N3O7S. The van der Waals surface area contributed by atoms with Crippen molar-refractivity contribution in [2.75, 3.05) is 37.4 Å². The Hall–Kier alpha value is -3.47. The van der Waals surface area contributed by atoms with E-state index in [9.17, 15) is 18.0 Å². The summed E-state index contributed by atoms with van der Waals surface area (Å²) in [6, 6.07) is 11.4. The Morgan fingerprint density at radius 3 is 2.45 bits per heavy atom. The first-order valence-corrected chi connectivity index (χ1v) is 15.6. The molecule has 0 unspecified atom stereocenters. The van der Waals surface area contributed by atoms with E-state index >= 15 is 0 Å². The van der Waals surface area contributed by atoms with Crippen molar-refractivity contribution in [3.8, 4) is 17.2 Å². The van der Waals surface area contributed by atoms with Crippen LogP contribution in [0.3, 0.4) is 0 Å². The van der Waals surface area contributed by atoms with E-state index in [1.807, 2.05) is 19.1 Å². The van der Waals surface area contributed by atoms with Gasteiger partial charge in [-0.05, 0) is 49.1 Å². The van der Waals surface area contributed by atoms with Gasteiger partial charge >= 0.3 is 0 Å². The van der Waals surface area contributed by atoms with Gasteiger partial charge in [-0.15, -0.1) is 0 Å². The predicted octanol–water partition coefficient (Wildman–Crippen LogP) is 3.49. The zero-order valence-electron chi connectivity index (χ0n) is 23.4. The van der Waals surface area contributed by atoms with Gasteiger partial charge in [-0.2, -0.15) is 0 Å². The van der Waals surface area contributed by atoms with Gasteiger partial charge in [0.25, 0.3) is 0 Å². The summed E-state index contributed by atoms with van der Waals surface area (Å²) in [7, 11) is -2.30. The van der Waals surface area contributed by atoms with Crippen molar-refractivity contribution in [2.24, 2.45) is 0 Å². The van der Waals surface area contributed by atoms with Gasteiger partial charge in [0.2, 0.25) is 21.8 Å². The molecule has 1 aliphatic carbocycles. The number of rotatable bonds is 11. The lowest BCUT2D eigenvalue weighted by atomic mass is 9.95. The lowest BCUT2D eigenvalue weighted by Crippen LogP contribution is -2.53. The number of hydrogen-bond donors (Lipinski definition) is 1. The quantitative estimate of drug-likeness (QED) is 0.438. The average Bonchev–Trinajstić information content (AvgIpc) is 2.95. The number of hydrogen-bond acceptors (Lipinski definition) is 7. The summed E-state index contributed by atoms with van der Waals surface area (Å²) in [5.74, 6) is 0.833. The van der Waals surface area contributed by atoms with E-state index in [0.717, 1.165) is 48.2 Å². The van der Waals surface area contributed by atoms with Crippen molar-refractivity contribution < 1.29 is 32.2 Å². The SMILES string of the molecule is CC[C@@H](C(=O)NC1CCCCC1)N(Cc1cccc(OC)c1)C(=O)CN(c1ccc2c(c1)OCCO2)S(C)(=O)=O. The third-order valence-corrected chi connectivity index (χ3v) is 8.46. The second-order valence-electron chi connectivity index (χ2n) is 10.2. The molecule has 40 heavy (non-hydrogen) atoms. The average molecular weight is 574 g/mol. The number of sulfonamides is 1. The van der Waals surface area contributed by atoms with Crippen molar-refractivity contribution in [1.82, 2.24) is 10.2 Å². The highest BCUT2D eigenvalue weighted by atomic mass is 32.2. The van der Waals surface area contributed by atoms with Gasteiger partial charge in [-0.1, -0.05) is 38.3 Å². The Balaban J connectivity index is 1.63. The normalized spacial score (nSPS) is 16.1. The van der Waals surface area contributed by atoms with E-state index in [4.69, 9.17) is 14.2 Å². The van der Waals surface area contributed by atoms with Crippen LogP contribution >= 0.6 is 0 Å². The summed E-state index contributed by atoms with van der Waals surface area (Å²) in [5, 5.41) is 3.14. The molecule has 2 aromatic rings. The van der Waals surface area contributed by atoms with Crippen LogP contribution in [0.15, 0.2) is 42.5 Å². The van der Waals surface area contributed by atoms with Gasteiger partial charge in [0, 0.05) is 18.7 Å². The first-order chi connectivity index (χ1) is 19.2. The van der Waals surface area contributed by atoms with Crippen molar-refractivity contribution >= 4 is 27.5 Å². The van der Waals surface area contributed by atoms with Crippen molar-refractivity contribution in [3.63, 3.8) is 0 Å². The van der Waals surface area contributed by atoms with E-state index < -0.39 is 28.5 Å². The zero-order valence-corrected chi connectivity index (χ0v) is 24.2. The minimum atomic E-state index is -3.86. The van der Waals surface area contributed by atoms with Crippen LogP contribution in [0, 0.1) is 0 Å². The number of carbonyl (C=O) groups is 2. The molecule has 1 saturated carbocycles. The van der Waals surface area contributed by atoms with Gasteiger partial charge < -0.3 is 24.4 Å². The number of fused-ring (bicyclic) bond motifs is 1. The van der Waals surface area contributed by atoms with Gasteiger partial charge in [0.1, 0.15) is 31.5 Å². The Morgan fingerprint density at radius 1 is 1.05 bits per heavy atom. The van der Waals surface area contributed by atoms with Crippen LogP contribution in [0.5, 0.6) is 17.2 Å². The lowest BCUT2D eigenvalue weighted by Gasteiger charge is -2.34. The summed E-state index contributed by atoms with van der Waals surface area (Å²) in [6.07, 6.45) is 6.54. The third-order valence-electron chi connectivity index (χ3n) is 7.32. The molecule has 11 heteroatoms. The fourth-order valence-corrected chi connectivity index (χ4v) is 6.07. The van der Waals surface area contributed by atoms with Crippen molar-refractivity contribution in [1.29, 1.82) is 0 Å². The zero-order chi connectivity index (χ0) is 28.7. The largest absolute Gasteiger partial charge is 0.497 e. The van der Waals surface area contributed by atoms with Crippen LogP contribution in [0.25, 0.3) is 0 Å². The standard InChI is InChI=1S/C29H39N3O7S/c1-4-25(29(34)30-22-10-6-5-7-11-22)31(19-21-9-8-12-24(17-21)37-2)28(33)20-32(40(3,35)36)23-13-14-26-27(18-23)39-16-15-38-26/h8-9,12-14,17-18,22,25H,4-7,10-11,15-16,19-20H2,1-3H3,(H,30,34)/t25-/m0/s1.